The van der Waals surface area contributed by atoms with Gasteiger partial charge in [-0.05, 0) is 99.1 Å². The van der Waals surface area contributed by atoms with Crippen molar-refractivity contribution in [2.45, 2.75) is 37.2 Å². The second kappa shape index (κ2) is 11.6. The van der Waals surface area contributed by atoms with Crippen LogP contribution in [0.3, 0.4) is 0 Å². The average Bonchev–Trinajstić information content (AvgIpc) is 3.55. The number of hydrogen-bond donors (Lipinski definition) is 0. The molecule has 5 aliphatic rings. The highest BCUT2D eigenvalue weighted by atomic mass is 16.5. The van der Waals surface area contributed by atoms with Crippen LogP contribution in [0.2, 0.25) is 0 Å². The molecule has 0 aromatic heterocycles. The third-order valence-electron chi connectivity index (χ3n) is 13.1. The number of anilines is 6. The Bertz CT molecular complexity index is 2890. The monoisotopic (exact) mass is 734 g/mol. The van der Waals surface area contributed by atoms with Crippen molar-refractivity contribution in [3.8, 4) is 16.9 Å². The van der Waals surface area contributed by atoms with E-state index in [0.717, 1.165) is 28.3 Å². The van der Waals surface area contributed by atoms with Gasteiger partial charge >= 0.3 is 0 Å². The fraction of sp³-hybridized carbons (Fsp3) is 0.113. The first-order chi connectivity index (χ1) is 28.0. The molecule has 3 aliphatic heterocycles. The lowest BCUT2D eigenvalue weighted by molar-refractivity contribution is 0.0961. The summed E-state index contributed by atoms with van der Waals surface area (Å²) < 4.78 is 6.47. The number of Topliss-reactive ketones (excluding diaryl/α,β-unsaturated/α-hetero) is 1. The van der Waals surface area contributed by atoms with Gasteiger partial charge in [0.25, 0.3) is 0 Å². The van der Waals surface area contributed by atoms with Crippen molar-refractivity contribution in [1.29, 1.82) is 0 Å². The summed E-state index contributed by atoms with van der Waals surface area (Å²) in [5.74, 6) is 0.679. The minimum atomic E-state index is -0.617. The smallest absolute Gasteiger partial charge is 0.196 e. The maximum atomic E-state index is 14.2. The van der Waals surface area contributed by atoms with Crippen LogP contribution in [0, 0.1) is 0 Å². The number of hydrogen-bond acceptors (Lipinski definition) is 4. The number of allylic oxidation sites excluding steroid dienone is 2. The molecule has 272 valence electrons. The van der Waals surface area contributed by atoms with E-state index >= 15 is 0 Å². The third-order valence-corrected chi connectivity index (χ3v) is 13.1. The first-order valence-electron chi connectivity index (χ1n) is 19.9. The van der Waals surface area contributed by atoms with Crippen LogP contribution in [-0.4, -0.2) is 11.9 Å². The molecule has 1 unspecified atom stereocenters. The first-order valence-corrected chi connectivity index (χ1v) is 19.9. The number of carbonyl (C=O) groups is 1. The van der Waals surface area contributed by atoms with E-state index in [9.17, 15) is 4.79 Å². The zero-order valence-electron chi connectivity index (χ0n) is 31.7. The standard InChI is InChI=1S/C53H38N2O2/c1-52(2)41-23-11-13-25-45(41)54(33-16-4-3-5-17-33)47-32-44-48(31-43(47)52)55(34-28-29-50-38(30-34)51(56)37-20-8-15-27-49(37)57-50)46-26-14-12-24-42(46)53(44)39-21-9-6-18-35(39)36-19-7-10-22-40(36)53/h3-26,28-32,49H,27H2,1-2H3. The maximum absolute atomic E-state index is 14.2. The van der Waals surface area contributed by atoms with E-state index in [2.05, 4.69) is 181 Å². The van der Waals surface area contributed by atoms with Crippen LogP contribution in [-0.2, 0) is 10.8 Å². The van der Waals surface area contributed by atoms with Crippen molar-refractivity contribution in [2.24, 2.45) is 0 Å². The predicted molar refractivity (Wildman–Crippen MR) is 229 cm³/mol. The summed E-state index contributed by atoms with van der Waals surface area (Å²) in [4.78, 5) is 19.1. The summed E-state index contributed by atoms with van der Waals surface area (Å²) in [6.07, 6.45) is 6.40. The van der Waals surface area contributed by atoms with Crippen LogP contribution in [0.1, 0.15) is 64.0 Å². The zero-order chi connectivity index (χ0) is 38.0. The van der Waals surface area contributed by atoms with Gasteiger partial charge in [-0.25, -0.2) is 0 Å². The van der Waals surface area contributed by atoms with Crippen molar-refractivity contribution in [3.05, 3.63) is 220 Å². The molecule has 0 N–H and O–H groups in total. The number of carbonyl (C=O) groups excluding carboxylic acids is 1. The summed E-state index contributed by atoms with van der Waals surface area (Å²) in [6.45, 7) is 4.71. The Morgan fingerprint density at radius 2 is 1.11 bits per heavy atom. The van der Waals surface area contributed by atoms with Crippen LogP contribution in [0.15, 0.2) is 182 Å². The molecule has 7 aromatic carbocycles. The molecule has 12 rings (SSSR count). The molecule has 0 bridgehead atoms. The Morgan fingerprint density at radius 1 is 0.526 bits per heavy atom. The Kier molecular flexibility index (Phi) is 6.56. The molecule has 0 saturated carbocycles. The lowest BCUT2D eigenvalue weighted by atomic mass is 9.63. The van der Waals surface area contributed by atoms with Gasteiger partial charge in [-0.1, -0.05) is 135 Å². The van der Waals surface area contributed by atoms with E-state index in [4.69, 9.17) is 4.74 Å². The second-order valence-electron chi connectivity index (χ2n) is 16.3. The molecular weight excluding hydrogens is 697 g/mol. The SMILES string of the molecule is CC1(C)c2ccccc2N(c2ccccc2)c2cc3c(cc21)N(c1ccc2c(c1)C(=O)C1=CC=CCC1O2)c1ccccc1C31c2ccccc2-c2ccccc21. The molecule has 4 nitrogen and oxygen atoms in total. The maximum Gasteiger partial charge on any atom is 0.196 e. The lowest BCUT2D eigenvalue weighted by Crippen LogP contribution is -2.38. The molecule has 2 aliphatic carbocycles. The molecule has 4 heteroatoms. The van der Waals surface area contributed by atoms with Gasteiger partial charge in [0.2, 0.25) is 0 Å². The highest BCUT2D eigenvalue weighted by Gasteiger charge is 2.53. The quantitative estimate of drug-likeness (QED) is 0.177. The summed E-state index contributed by atoms with van der Waals surface area (Å²) in [6, 6.07) is 57.6. The van der Waals surface area contributed by atoms with Gasteiger partial charge in [-0.3, -0.25) is 4.79 Å². The van der Waals surface area contributed by atoms with E-state index in [1.165, 1.54) is 55.9 Å². The minimum Gasteiger partial charge on any atom is -0.484 e. The van der Waals surface area contributed by atoms with Crippen LogP contribution in [0.25, 0.3) is 11.1 Å². The number of benzene rings is 7. The average molecular weight is 735 g/mol. The summed E-state index contributed by atoms with van der Waals surface area (Å²) >= 11 is 0. The molecular formula is C53H38N2O2. The van der Waals surface area contributed by atoms with E-state index < -0.39 is 5.41 Å². The second-order valence-corrected chi connectivity index (χ2v) is 16.3. The van der Waals surface area contributed by atoms with Gasteiger partial charge in [0.1, 0.15) is 11.9 Å². The Hall–Kier alpha value is -6.91. The predicted octanol–water partition coefficient (Wildman–Crippen LogP) is 12.8. The molecule has 0 fully saturated rings. The van der Waals surface area contributed by atoms with Crippen molar-refractivity contribution >= 4 is 39.9 Å². The fourth-order valence-corrected chi connectivity index (χ4v) is 10.6. The molecule has 0 amide bonds. The molecule has 0 radical (unpaired) electrons. The molecule has 1 spiro atoms. The van der Waals surface area contributed by atoms with Crippen molar-refractivity contribution in [2.75, 3.05) is 9.80 Å². The highest BCUT2D eigenvalue weighted by Crippen LogP contribution is 2.65. The molecule has 1 atom stereocenters. The Balaban J connectivity index is 1.20. The van der Waals surface area contributed by atoms with E-state index in [-0.39, 0.29) is 17.3 Å². The minimum absolute atomic E-state index is 0.0368. The van der Waals surface area contributed by atoms with Gasteiger partial charge in [-0.2, -0.15) is 0 Å². The molecule has 57 heavy (non-hydrogen) atoms. The summed E-state index contributed by atoms with van der Waals surface area (Å²) in [5.41, 5.74) is 16.9. The van der Waals surface area contributed by atoms with E-state index in [1.807, 2.05) is 18.2 Å². The normalized spacial score (nSPS) is 18.2. The van der Waals surface area contributed by atoms with Gasteiger partial charge in [0.05, 0.1) is 33.7 Å². The van der Waals surface area contributed by atoms with Crippen molar-refractivity contribution in [1.82, 2.24) is 0 Å². The van der Waals surface area contributed by atoms with Gasteiger partial charge in [-0.15, -0.1) is 0 Å². The number of rotatable bonds is 2. The Labute approximate surface area is 332 Å². The van der Waals surface area contributed by atoms with Crippen LogP contribution in [0.4, 0.5) is 34.1 Å². The number of ether oxygens (including phenoxy) is 1. The number of fused-ring (bicyclic) bond motifs is 13. The molecule has 7 aromatic rings. The van der Waals surface area contributed by atoms with Crippen LogP contribution >= 0.6 is 0 Å². The topological polar surface area (TPSA) is 32.8 Å². The molecule has 3 heterocycles. The number of nitrogens with zero attached hydrogens (tertiary/aromatic N) is 2. The summed E-state index contributed by atoms with van der Waals surface area (Å²) in [5, 5.41) is 0. The number of para-hydroxylation sites is 3. The molecule has 0 saturated heterocycles. The fourth-order valence-electron chi connectivity index (χ4n) is 10.6. The van der Waals surface area contributed by atoms with E-state index in [1.54, 1.807) is 0 Å². The highest BCUT2D eigenvalue weighted by molar-refractivity contribution is 6.13. The zero-order valence-corrected chi connectivity index (χ0v) is 31.7. The van der Waals surface area contributed by atoms with Crippen LogP contribution in [0.5, 0.6) is 5.75 Å². The van der Waals surface area contributed by atoms with Gasteiger partial charge in [0, 0.05) is 28.8 Å². The van der Waals surface area contributed by atoms with Crippen LogP contribution < -0.4 is 14.5 Å². The largest absolute Gasteiger partial charge is 0.484 e. The van der Waals surface area contributed by atoms with Gasteiger partial charge < -0.3 is 14.5 Å². The van der Waals surface area contributed by atoms with Crippen molar-refractivity contribution in [3.63, 3.8) is 0 Å². The third kappa shape index (κ3) is 4.19. The summed E-state index contributed by atoms with van der Waals surface area (Å²) in [7, 11) is 0. The lowest BCUT2D eigenvalue weighted by Gasteiger charge is -2.48. The first kappa shape index (κ1) is 32.3. The Morgan fingerprint density at radius 3 is 1.84 bits per heavy atom. The van der Waals surface area contributed by atoms with E-state index in [0.29, 0.717) is 17.7 Å². The number of ketones is 1. The van der Waals surface area contributed by atoms with Crippen molar-refractivity contribution < 1.29 is 9.53 Å². The van der Waals surface area contributed by atoms with Gasteiger partial charge in [0.15, 0.2) is 5.78 Å².